The van der Waals surface area contributed by atoms with Gasteiger partial charge in [-0.15, -0.1) is 0 Å². The lowest BCUT2D eigenvalue weighted by Crippen LogP contribution is -2.42. The van der Waals surface area contributed by atoms with E-state index >= 15 is 0 Å². The Morgan fingerprint density at radius 3 is 2.91 bits per heavy atom. The summed E-state index contributed by atoms with van der Waals surface area (Å²) in [6.45, 7) is 2.05. The summed E-state index contributed by atoms with van der Waals surface area (Å²) >= 11 is 0. The van der Waals surface area contributed by atoms with Gasteiger partial charge in [-0.3, -0.25) is 14.6 Å². The van der Waals surface area contributed by atoms with Crippen LogP contribution in [0.5, 0.6) is 0 Å². The summed E-state index contributed by atoms with van der Waals surface area (Å²) in [5.74, 6) is -1.28. The molecule has 2 aliphatic rings. The number of hydrogen-bond donors (Lipinski definition) is 2. The van der Waals surface area contributed by atoms with Crippen molar-refractivity contribution in [3.8, 4) is 0 Å². The quantitative estimate of drug-likeness (QED) is 0.774. The van der Waals surface area contributed by atoms with Gasteiger partial charge in [0.25, 0.3) is 5.91 Å². The molecule has 0 radical (unpaired) electrons. The second kappa shape index (κ2) is 5.85. The molecule has 0 saturated carbocycles. The molecule has 1 amide bonds. The molecule has 2 unspecified atom stereocenters. The highest BCUT2D eigenvalue weighted by Gasteiger charge is 2.50. The summed E-state index contributed by atoms with van der Waals surface area (Å²) < 4.78 is 4.89. The number of nitrogens with one attached hydrogen (secondary N) is 1. The van der Waals surface area contributed by atoms with Gasteiger partial charge in [0.05, 0.1) is 12.5 Å². The van der Waals surface area contributed by atoms with E-state index in [0.717, 1.165) is 0 Å². The molecule has 120 valence electrons. The number of rotatable bonds is 4. The number of nitrogens with zero attached hydrogens (tertiary/aromatic N) is 2. The van der Waals surface area contributed by atoms with Crippen LogP contribution in [0.15, 0.2) is 48.6 Å². The minimum Gasteiger partial charge on any atom is -0.465 e. The predicted octanol–water partition coefficient (Wildman–Crippen LogP) is 0.249. The molecule has 1 aromatic rings. The number of hydrogen-bond acceptors (Lipinski definition) is 6. The lowest BCUT2D eigenvalue weighted by Gasteiger charge is -2.30. The number of amides is 1. The van der Waals surface area contributed by atoms with E-state index < -0.39 is 11.6 Å². The summed E-state index contributed by atoms with van der Waals surface area (Å²) in [6, 6.07) is 3.31. The molecule has 1 fully saturated rings. The number of fused-ring (bicyclic) bond motifs is 1. The van der Waals surface area contributed by atoms with Gasteiger partial charge in [-0.2, -0.15) is 0 Å². The summed E-state index contributed by atoms with van der Waals surface area (Å²) in [7, 11) is 0. The minimum atomic E-state index is -1.52. The van der Waals surface area contributed by atoms with Gasteiger partial charge < -0.3 is 20.1 Å². The van der Waals surface area contributed by atoms with Gasteiger partial charge in [-0.05, 0) is 19.1 Å². The van der Waals surface area contributed by atoms with Crippen LogP contribution in [0.1, 0.15) is 12.5 Å². The van der Waals surface area contributed by atoms with Crippen molar-refractivity contribution in [2.24, 2.45) is 5.92 Å². The molecule has 23 heavy (non-hydrogen) atoms. The van der Waals surface area contributed by atoms with Crippen molar-refractivity contribution in [2.45, 2.75) is 12.6 Å². The van der Waals surface area contributed by atoms with E-state index in [-0.39, 0.29) is 18.4 Å². The van der Waals surface area contributed by atoms with Gasteiger partial charge >= 0.3 is 5.97 Å². The molecular weight excluding hydrogens is 298 g/mol. The Balaban J connectivity index is 1.85. The van der Waals surface area contributed by atoms with Gasteiger partial charge in [-0.1, -0.05) is 6.08 Å². The highest BCUT2D eigenvalue weighted by molar-refractivity contribution is 5.98. The van der Waals surface area contributed by atoms with Crippen molar-refractivity contribution in [3.63, 3.8) is 0 Å². The molecule has 0 aromatic carbocycles. The molecule has 7 nitrogen and oxygen atoms in total. The van der Waals surface area contributed by atoms with Gasteiger partial charge in [0.2, 0.25) is 0 Å². The molecule has 2 N–H and O–H groups in total. The third-order valence-corrected chi connectivity index (χ3v) is 3.86. The third-order valence-electron chi connectivity index (χ3n) is 3.86. The maximum atomic E-state index is 12.2. The van der Waals surface area contributed by atoms with E-state index in [1.165, 1.54) is 0 Å². The van der Waals surface area contributed by atoms with E-state index in [4.69, 9.17) is 4.74 Å². The fourth-order valence-corrected chi connectivity index (χ4v) is 2.80. The van der Waals surface area contributed by atoms with Crippen LogP contribution in [-0.4, -0.2) is 40.0 Å². The van der Waals surface area contributed by atoms with Crippen molar-refractivity contribution in [2.75, 3.05) is 13.2 Å². The number of aromatic nitrogens is 1. The van der Waals surface area contributed by atoms with Crippen molar-refractivity contribution < 1.29 is 19.4 Å². The number of pyridine rings is 1. The van der Waals surface area contributed by atoms with Crippen LogP contribution >= 0.6 is 0 Å². The maximum Gasteiger partial charge on any atom is 0.325 e. The molecule has 0 aliphatic carbocycles. The van der Waals surface area contributed by atoms with E-state index in [2.05, 4.69) is 10.3 Å². The van der Waals surface area contributed by atoms with E-state index in [1.807, 2.05) is 0 Å². The Labute approximate surface area is 133 Å². The first kappa shape index (κ1) is 15.2. The van der Waals surface area contributed by atoms with Gasteiger partial charge in [0.1, 0.15) is 6.54 Å². The number of ether oxygens (including phenoxy) is 1. The molecule has 2 aliphatic heterocycles. The number of carbonyl (C=O) groups excluding carboxylic acids is 2. The van der Waals surface area contributed by atoms with Crippen molar-refractivity contribution in [1.29, 1.82) is 0 Å². The summed E-state index contributed by atoms with van der Waals surface area (Å²) in [5, 5.41) is 13.5. The summed E-state index contributed by atoms with van der Waals surface area (Å²) in [6.07, 6.45) is 8.04. The van der Waals surface area contributed by atoms with Crippen molar-refractivity contribution in [1.82, 2.24) is 15.2 Å². The van der Waals surface area contributed by atoms with Crippen LogP contribution in [0.4, 0.5) is 0 Å². The molecule has 2 atom stereocenters. The second-order valence-electron chi connectivity index (χ2n) is 5.34. The summed E-state index contributed by atoms with van der Waals surface area (Å²) in [5.41, 5.74) is -0.563. The van der Waals surface area contributed by atoms with Crippen molar-refractivity contribution in [3.05, 3.63) is 54.1 Å². The summed E-state index contributed by atoms with van der Waals surface area (Å²) in [4.78, 5) is 29.3. The molecule has 7 heteroatoms. The number of esters is 1. The van der Waals surface area contributed by atoms with Gasteiger partial charge in [-0.25, -0.2) is 0 Å². The van der Waals surface area contributed by atoms with Crippen LogP contribution in [0, 0.1) is 5.92 Å². The number of carbonyl (C=O) groups is 2. The fraction of sp³-hybridized carbons (Fsp3) is 0.312. The third kappa shape index (κ3) is 2.70. The molecule has 1 saturated heterocycles. The zero-order valence-corrected chi connectivity index (χ0v) is 12.6. The fourth-order valence-electron chi connectivity index (χ4n) is 2.80. The molecule has 0 spiro atoms. The standard InChI is InChI=1S/C16H17N3O4/c1-2-23-14(20)10-19-8-5-13-12(9-19)15(21)18-16(13,22)11-3-6-17-7-4-11/h3-9,13,22H,2,10H2,1H3,(H,18,21). The lowest BCUT2D eigenvalue weighted by atomic mass is 9.87. The molecular formula is C16H17N3O4. The van der Waals surface area contributed by atoms with Crippen LogP contribution in [0.25, 0.3) is 0 Å². The first-order valence-electron chi connectivity index (χ1n) is 7.31. The average molecular weight is 315 g/mol. The van der Waals surface area contributed by atoms with Crippen LogP contribution < -0.4 is 5.32 Å². The topological polar surface area (TPSA) is 91.8 Å². The number of aliphatic hydroxyl groups is 1. The lowest BCUT2D eigenvalue weighted by molar-refractivity contribution is -0.143. The predicted molar refractivity (Wildman–Crippen MR) is 80.3 cm³/mol. The van der Waals surface area contributed by atoms with Gasteiger partial charge in [0.15, 0.2) is 5.72 Å². The van der Waals surface area contributed by atoms with E-state index in [0.29, 0.717) is 17.7 Å². The molecule has 3 rings (SSSR count). The smallest absolute Gasteiger partial charge is 0.325 e. The maximum absolute atomic E-state index is 12.2. The zero-order valence-electron chi connectivity index (χ0n) is 12.6. The Kier molecular flexibility index (Phi) is 3.87. The van der Waals surface area contributed by atoms with E-state index in [9.17, 15) is 14.7 Å². The van der Waals surface area contributed by atoms with Crippen LogP contribution in [0.2, 0.25) is 0 Å². The Morgan fingerprint density at radius 2 is 2.22 bits per heavy atom. The molecule has 3 heterocycles. The first-order valence-corrected chi connectivity index (χ1v) is 7.31. The minimum absolute atomic E-state index is 0.0154. The van der Waals surface area contributed by atoms with Gasteiger partial charge in [0, 0.05) is 35.9 Å². The average Bonchev–Trinajstić information content (AvgIpc) is 2.80. The Morgan fingerprint density at radius 1 is 1.48 bits per heavy atom. The zero-order chi connectivity index (χ0) is 16.4. The monoisotopic (exact) mass is 315 g/mol. The van der Waals surface area contributed by atoms with E-state index in [1.54, 1.807) is 54.8 Å². The normalized spacial score (nSPS) is 25.7. The highest BCUT2D eigenvalue weighted by atomic mass is 16.5. The van der Waals surface area contributed by atoms with Crippen LogP contribution in [-0.2, 0) is 20.1 Å². The second-order valence-corrected chi connectivity index (χ2v) is 5.34. The Bertz CT molecular complexity index is 686. The largest absolute Gasteiger partial charge is 0.465 e. The SMILES string of the molecule is CCOC(=O)CN1C=CC2C(=C1)C(=O)NC2(O)c1ccncc1. The first-order chi connectivity index (χ1) is 11.0. The molecule has 1 aromatic heterocycles. The Hall–Kier alpha value is -2.67. The molecule has 0 bridgehead atoms. The van der Waals surface area contributed by atoms with Crippen LogP contribution in [0.3, 0.4) is 0 Å². The van der Waals surface area contributed by atoms with Crippen molar-refractivity contribution >= 4 is 11.9 Å². The highest BCUT2D eigenvalue weighted by Crippen LogP contribution is 2.40.